The highest BCUT2D eigenvalue weighted by Gasteiger charge is 2.11. The summed E-state index contributed by atoms with van der Waals surface area (Å²) in [4.78, 5) is 9.03. The maximum Gasteiger partial charge on any atom is 0.233 e. The third kappa shape index (κ3) is 5.52. The summed E-state index contributed by atoms with van der Waals surface area (Å²) in [6.45, 7) is 9.72. The maximum atomic E-state index is 11.4. The zero-order valence-corrected chi connectivity index (χ0v) is 18.1. The SMILES string of the molecule is C=CS(=O)(=O)NCCc1ccc(Nc2ncc(C)c(-c3cnn(C(C)C)c3)n2)cc1. The molecule has 0 saturated heterocycles. The van der Waals surface area contributed by atoms with E-state index in [-0.39, 0.29) is 6.04 Å². The molecule has 30 heavy (non-hydrogen) atoms. The number of nitrogens with zero attached hydrogens (tertiary/aromatic N) is 4. The van der Waals surface area contributed by atoms with E-state index in [1.165, 1.54) is 0 Å². The Morgan fingerprint density at radius 3 is 2.57 bits per heavy atom. The molecule has 2 N–H and O–H groups in total. The Morgan fingerprint density at radius 1 is 1.20 bits per heavy atom. The van der Waals surface area contributed by atoms with E-state index in [0.29, 0.717) is 18.9 Å². The van der Waals surface area contributed by atoms with Crippen LogP contribution in [0, 0.1) is 6.92 Å². The first kappa shape index (κ1) is 21.7. The third-order valence-electron chi connectivity index (χ3n) is 4.52. The number of hydrogen-bond acceptors (Lipinski definition) is 6. The lowest BCUT2D eigenvalue weighted by Gasteiger charge is -2.09. The Morgan fingerprint density at radius 2 is 1.93 bits per heavy atom. The van der Waals surface area contributed by atoms with Crippen LogP contribution in [0.3, 0.4) is 0 Å². The maximum absolute atomic E-state index is 11.4. The van der Waals surface area contributed by atoms with Crippen molar-refractivity contribution in [1.82, 2.24) is 24.5 Å². The van der Waals surface area contributed by atoms with Gasteiger partial charge >= 0.3 is 0 Å². The fourth-order valence-corrected chi connectivity index (χ4v) is 3.32. The van der Waals surface area contributed by atoms with Crippen molar-refractivity contribution in [3.63, 3.8) is 0 Å². The second-order valence-electron chi connectivity index (χ2n) is 7.21. The van der Waals surface area contributed by atoms with Crippen molar-refractivity contribution in [2.24, 2.45) is 0 Å². The highest BCUT2D eigenvalue weighted by Crippen LogP contribution is 2.23. The van der Waals surface area contributed by atoms with Gasteiger partial charge in [0.15, 0.2) is 0 Å². The van der Waals surface area contributed by atoms with Crippen molar-refractivity contribution in [2.75, 3.05) is 11.9 Å². The summed E-state index contributed by atoms with van der Waals surface area (Å²) in [5.74, 6) is 0.499. The van der Waals surface area contributed by atoms with Crippen LogP contribution in [-0.2, 0) is 16.4 Å². The Bertz CT molecular complexity index is 1120. The summed E-state index contributed by atoms with van der Waals surface area (Å²) >= 11 is 0. The Kier molecular flexibility index (Phi) is 6.63. The van der Waals surface area contributed by atoms with Gasteiger partial charge in [-0.3, -0.25) is 4.68 Å². The van der Waals surface area contributed by atoms with Gasteiger partial charge in [0.1, 0.15) is 0 Å². The molecule has 3 rings (SSSR count). The van der Waals surface area contributed by atoms with Crippen LogP contribution in [0.5, 0.6) is 0 Å². The number of nitrogens with one attached hydrogen (secondary N) is 2. The normalized spacial score (nSPS) is 11.6. The van der Waals surface area contributed by atoms with Gasteiger partial charge in [-0.15, -0.1) is 0 Å². The van der Waals surface area contributed by atoms with Crippen molar-refractivity contribution in [3.8, 4) is 11.3 Å². The molecular weight excluding hydrogens is 400 g/mol. The molecule has 0 amide bonds. The van der Waals surface area contributed by atoms with Crippen molar-refractivity contribution in [2.45, 2.75) is 33.2 Å². The molecule has 1 aromatic carbocycles. The van der Waals surface area contributed by atoms with Crippen LogP contribution in [0.1, 0.15) is 31.0 Å². The second-order valence-corrected chi connectivity index (χ2v) is 8.92. The van der Waals surface area contributed by atoms with Gasteiger partial charge < -0.3 is 5.32 Å². The molecule has 3 aromatic rings. The predicted molar refractivity (Wildman–Crippen MR) is 119 cm³/mol. The molecule has 0 aliphatic rings. The molecule has 0 unspecified atom stereocenters. The first-order chi connectivity index (χ1) is 14.3. The monoisotopic (exact) mass is 426 g/mol. The molecule has 2 aromatic heterocycles. The average molecular weight is 427 g/mol. The standard InChI is InChI=1S/C21H26N6O2S/c1-5-30(28,29)24-11-10-17-6-8-19(9-7-17)25-21-22-12-16(4)20(26-21)18-13-23-27(14-18)15(2)3/h5-9,12-15,24H,1,10-11H2,2-4H3,(H,22,25,26). The lowest BCUT2D eigenvalue weighted by Crippen LogP contribution is -2.23. The Hall–Kier alpha value is -3.04. The molecular formula is C21H26N6O2S. The summed E-state index contributed by atoms with van der Waals surface area (Å²) in [6.07, 6.45) is 6.17. The van der Waals surface area contributed by atoms with Gasteiger partial charge in [0.2, 0.25) is 16.0 Å². The summed E-state index contributed by atoms with van der Waals surface area (Å²) < 4.78 is 27.1. The van der Waals surface area contributed by atoms with Crippen LogP contribution in [0.2, 0.25) is 0 Å². The van der Waals surface area contributed by atoms with E-state index < -0.39 is 10.0 Å². The molecule has 0 bridgehead atoms. The van der Waals surface area contributed by atoms with Crippen molar-refractivity contribution in [1.29, 1.82) is 0 Å². The number of benzene rings is 1. The molecule has 0 aliphatic carbocycles. The number of hydrogen-bond donors (Lipinski definition) is 2. The number of anilines is 2. The van der Waals surface area contributed by atoms with Crippen molar-refractivity contribution >= 4 is 21.7 Å². The largest absolute Gasteiger partial charge is 0.324 e. The highest BCUT2D eigenvalue weighted by molar-refractivity contribution is 7.92. The van der Waals surface area contributed by atoms with Gasteiger partial charge in [-0.05, 0) is 50.5 Å². The molecule has 0 saturated carbocycles. The summed E-state index contributed by atoms with van der Waals surface area (Å²) in [5.41, 5.74) is 4.62. The van der Waals surface area contributed by atoms with E-state index in [1.807, 2.05) is 48.3 Å². The quantitative estimate of drug-likeness (QED) is 0.542. The molecule has 158 valence electrons. The predicted octanol–water partition coefficient (Wildman–Crippen LogP) is 3.58. The Balaban J connectivity index is 1.68. The van der Waals surface area contributed by atoms with Crippen LogP contribution in [-0.4, -0.2) is 34.7 Å². The zero-order chi connectivity index (χ0) is 21.7. The molecule has 0 atom stereocenters. The minimum Gasteiger partial charge on any atom is -0.324 e. The summed E-state index contributed by atoms with van der Waals surface area (Å²) in [6, 6.07) is 7.98. The first-order valence-corrected chi connectivity index (χ1v) is 11.2. The highest BCUT2D eigenvalue weighted by atomic mass is 32.2. The van der Waals surface area contributed by atoms with Crippen LogP contribution in [0.15, 0.2) is 54.8 Å². The number of sulfonamides is 1. The third-order valence-corrected chi connectivity index (χ3v) is 5.57. The van der Waals surface area contributed by atoms with Gasteiger partial charge in [0.25, 0.3) is 0 Å². The molecule has 9 heteroatoms. The average Bonchev–Trinajstić information content (AvgIpc) is 3.21. The number of rotatable bonds is 9. The van der Waals surface area contributed by atoms with E-state index in [4.69, 9.17) is 0 Å². The fraction of sp³-hybridized carbons (Fsp3) is 0.286. The smallest absolute Gasteiger partial charge is 0.233 e. The first-order valence-electron chi connectivity index (χ1n) is 9.63. The molecule has 0 aliphatic heterocycles. The molecule has 2 heterocycles. The summed E-state index contributed by atoms with van der Waals surface area (Å²) in [5, 5.41) is 8.51. The van der Waals surface area contributed by atoms with E-state index in [0.717, 1.165) is 33.5 Å². The molecule has 0 radical (unpaired) electrons. The summed E-state index contributed by atoms with van der Waals surface area (Å²) in [7, 11) is -3.39. The van der Waals surface area contributed by atoms with E-state index >= 15 is 0 Å². The Labute approximate surface area is 177 Å². The molecule has 0 fully saturated rings. The lowest BCUT2D eigenvalue weighted by atomic mass is 10.1. The second kappa shape index (κ2) is 9.19. The van der Waals surface area contributed by atoms with Gasteiger partial charge in [0, 0.05) is 41.6 Å². The van der Waals surface area contributed by atoms with Crippen molar-refractivity contribution in [3.05, 3.63) is 66.0 Å². The van der Waals surface area contributed by atoms with E-state index in [2.05, 4.69) is 45.5 Å². The minimum absolute atomic E-state index is 0.282. The zero-order valence-electron chi connectivity index (χ0n) is 17.3. The van der Waals surface area contributed by atoms with E-state index in [1.54, 1.807) is 6.20 Å². The van der Waals surface area contributed by atoms with E-state index in [9.17, 15) is 8.42 Å². The van der Waals surface area contributed by atoms with Gasteiger partial charge in [0.05, 0.1) is 11.9 Å². The minimum atomic E-state index is -3.39. The van der Waals surface area contributed by atoms with Gasteiger partial charge in [-0.25, -0.2) is 23.1 Å². The van der Waals surface area contributed by atoms with Crippen LogP contribution >= 0.6 is 0 Å². The van der Waals surface area contributed by atoms with Crippen LogP contribution in [0.25, 0.3) is 11.3 Å². The van der Waals surface area contributed by atoms with Gasteiger partial charge in [-0.2, -0.15) is 5.10 Å². The van der Waals surface area contributed by atoms with Gasteiger partial charge in [-0.1, -0.05) is 18.7 Å². The van der Waals surface area contributed by atoms with Crippen molar-refractivity contribution < 1.29 is 8.42 Å². The lowest BCUT2D eigenvalue weighted by molar-refractivity contribution is 0.532. The molecule has 0 spiro atoms. The molecule has 8 nitrogen and oxygen atoms in total. The van der Waals surface area contributed by atoms with Crippen LogP contribution in [0.4, 0.5) is 11.6 Å². The van der Waals surface area contributed by atoms with Crippen LogP contribution < -0.4 is 10.0 Å². The number of aromatic nitrogens is 4. The fourth-order valence-electron chi connectivity index (χ4n) is 2.82. The number of aryl methyl sites for hydroxylation is 1. The topological polar surface area (TPSA) is 102 Å².